The average Bonchev–Trinajstić information content (AvgIpc) is 3.00. The van der Waals surface area contributed by atoms with E-state index < -0.39 is 4.32 Å². The van der Waals surface area contributed by atoms with Crippen LogP contribution in [0.3, 0.4) is 0 Å². The van der Waals surface area contributed by atoms with Gasteiger partial charge in [0.15, 0.2) is 0 Å². The molecule has 1 unspecified atom stereocenters. The first kappa shape index (κ1) is 31.8. The van der Waals surface area contributed by atoms with Crippen molar-refractivity contribution in [3.63, 3.8) is 0 Å². The van der Waals surface area contributed by atoms with Crippen LogP contribution in [0.5, 0.6) is 5.75 Å². The van der Waals surface area contributed by atoms with Crippen LogP contribution in [0.1, 0.15) is 53.7 Å². The number of alkyl halides is 1. The predicted octanol–water partition coefficient (Wildman–Crippen LogP) is 6.20. The summed E-state index contributed by atoms with van der Waals surface area (Å²) in [5.74, 6) is 0.171. The zero-order valence-electron chi connectivity index (χ0n) is 25.0. The number of ether oxygens (including phenoxy) is 1. The molecule has 0 saturated heterocycles. The Morgan fingerprint density at radius 1 is 0.884 bits per heavy atom. The zero-order valence-corrected chi connectivity index (χ0v) is 26.6. The molecule has 4 aromatic rings. The summed E-state index contributed by atoms with van der Waals surface area (Å²) in [7, 11) is 0. The SMILES string of the molecule is Cc1cc(C)c(OC(=O)C(C)(C)Br)c(C(c2ccccn2)N(CC/N=C/c2ccccn2)CC/N=C/c2ccccn2)c1. The van der Waals surface area contributed by atoms with Crippen LogP contribution in [0.4, 0.5) is 0 Å². The summed E-state index contributed by atoms with van der Waals surface area (Å²) in [6.45, 7) is 9.83. The van der Waals surface area contributed by atoms with Crippen LogP contribution in [0.2, 0.25) is 0 Å². The molecular weight excluding hydrogens is 604 g/mol. The quantitative estimate of drug-likeness (QED) is 0.0748. The van der Waals surface area contributed by atoms with Gasteiger partial charge in [0, 0.05) is 49.7 Å². The third-order valence-corrected chi connectivity index (χ3v) is 6.93. The molecule has 0 amide bonds. The summed E-state index contributed by atoms with van der Waals surface area (Å²) in [6.07, 6.45) is 8.86. The smallest absolute Gasteiger partial charge is 0.327 e. The van der Waals surface area contributed by atoms with Crippen LogP contribution >= 0.6 is 15.9 Å². The van der Waals surface area contributed by atoms with Crippen LogP contribution in [0.25, 0.3) is 0 Å². The van der Waals surface area contributed by atoms with Gasteiger partial charge in [0.25, 0.3) is 0 Å². The van der Waals surface area contributed by atoms with E-state index in [1.807, 2.05) is 74.5 Å². The maximum Gasteiger partial charge on any atom is 0.327 e. The summed E-state index contributed by atoms with van der Waals surface area (Å²) in [5.41, 5.74) is 5.25. The van der Waals surface area contributed by atoms with Gasteiger partial charge < -0.3 is 4.74 Å². The maximum absolute atomic E-state index is 13.1. The first-order valence-electron chi connectivity index (χ1n) is 14.2. The Morgan fingerprint density at radius 3 is 1.93 bits per heavy atom. The molecule has 222 valence electrons. The van der Waals surface area contributed by atoms with Crippen molar-refractivity contribution < 1.29 is 9.53 Å². The van der Waals surface area contributed by atoms with Crippen molar-refractivity contribution in [2.24, 2.45) is 9.98 Å². The minimum Gasteiger partial charge on any atom is -0.425 e. The minimum atomic E-state index is -0.845. The Morgan fingerprint density at radius 2 is 1.44 bits per heavy atom. The van der Waals surface area contributed by atoms with Gasteiger partial charge in [-0.05, 0) is 69.7 Å². The monoisotopic (exact) mass is 640 g/mol. The van der Waals surface area contributed by atoms with Gasteiger partial charge in [-0.3, -0.25) is 34.6 Å². The van der Waals surface area contributed by atoms with E-state index in [1.165, 1.54) is 0 Å². The molecule has 9 heteroatoms. The third-order valence-electron chi connectivity index (χ3n) is 6.61. The normalized spacial score (nSPS) is 12.7. The molecule has 0 saturated carbocycles. The highest BCUT2D eigenvalue weighted by atomic mass is 79.9. The van der Waals surface area contributed by atoms with Gasteiger partial charge in [0.2, 0.25) is 0 Å². The maximum atomic E-state index is 13.1. The fourth-order valence-electron chi connectivity index (χ4n) is 4.59. The standard InChI is InChI=1S/C34H37BrN6O2/c1-25-21-26(2)32(43-33(42)34(3,4)35)29(22-25)31(30-13-7-10-16-40-30)41(19-17-36-23-27-11-5-8-14-38-27)20-18-37-24-28-12-6-9-15-39-28/h5-16,21-24,31H,17-20H2,1-4H3/b36-23+,37-24+. The second-order valence-corrected chi connectivity index (χ2v) is 12.6. The summed E-state index contributed by atoms with van der Waals surface area (Å²) in [5, 5.41) is 0. The third kappa shape index (κ3) is 9.46. The van der Waals surface area contributed by atoms with Gasteiger partial charge >= 0.3 is 5.97 Å². The number of aromatic nitrogens is 3. The Bertz CT molecular complexity index is 1470. The second kappa shape index (κ2) is 15.4. The molecule has 0 aliphatic rings. The van der Waals surface area contributed by atoms with Crippen LogP contribution in [-0.4, -0.2) is 68.8 Å². The fourth-order valence-corrected chi connectivity index (χ4v) is 4.67. The van der Waals surface area contributed by atoms with Crippen molar-refractivity contribution in [1.29, 1.82) is 0 Å². The molecule has 8 nitrogen and oxygen atoms in total. The van der Waals surface area contributed by atoms with Crippen molar-refractivity contribution in [2.75, 3.05) is 26.2 Å². The lowest BCUT2D eigenvalue weighted by molar-refractivity contribution is -0.136. The van der Waals surface area contributed by atoms with Crippen LogP contribution in [0.15, 0.2) is 95.3 Å². The van der Waals surface area contributed by atoms with Crippen molar-refractivity contribution in [3.8, 4) is 5.75 Å². The van der Waals surface area contributed by atoms with Crippen LogP contribution in [-0.2, 0) is 4.79 Å². The molecule has 43 heavy (non-hydrogen) atoms. The number of benzene rings is 1. The first-order valence-corrected chi connectivity index (χ1v) is 15.0. The molecule has 1 atom stereocenters. The molecule has 0 fully saturated rings. The molecule has 3 heterocycles. The second-order valence-electron chi connectivity index (χ2n) is 10.6. The van der Waals surface area contributed by atoms with Crippen molar-refractivity contribution in [3.05, 3.63) is 119 Å². The highest BCUT2D eigenvalue weighted by Crippen LogP contribution is 2.38. The molecular formula is C34H37BrN6O2. The van der Waals surface area contributed by atoms with Gasteiger partial charge in [0.05, 0.1) is 36.2 Å². The van der Waals surface area contributed by atoms with Gasteiger partial charge in [0.1, 0.15) is 10.1 Å². The molecule has 3 aromatic heterocycles. The molecule has 0 bridgehead atoms. The van der Waals surface area contributed by atoms with E-state index in [-0.39, 0.29) is 12.0 Å². The van der Waals surface area contributed by atoms with Gasteiger partial charge in [-0.25, -0.2) is 0 Å². The Kier molecular flexibility index (Phi) is 11.4. The number of carbonyl (C=O) groups is 1. The lowest BCUT2D eigenvalue weighted by Crippen LogP contribution is -2.36. The summed E-state index contributed by atoms with van der Waals surface area (Å²) in [6, 6.07) is 21.1. The van der Waals surface area contributed by atoms with E-state index in [9.17, 15) is 4.79 Å². The zero-order chi connectivity index (χ0) is 30.7. The number of rotatable bonds is 13. The lowest BCUT2D eigenvalue weighted by Gasteiger charge is -2.33. The van der Waals surface area contributed by atoms with Gasteiger partial charge in [-0.2, -0.15) is 0 Å². The molecule has 0 aliphatic carbocycles. The van der Waals surface area contributed by atoms with Crippen molar-refractivity contribution in [2.45, 2.75) is 38.1 Å². The number of esters is 1. The van der Waals surface area contributed by atoms with E-state index in [0.29, 0.717) is 31.9 Å². The number of carbonyl (C=O) groups excluding carboxylic acids is 1. The summed E-state index contributed by atoms with van der Waals surface area (Å²) < 4.78 is 5.25. The van der Waals surface area contributed by atoms with E-state index >= 15 is 0 Å². The predicted molar refractivity (Wildman–Crippen MR) is 176 cm³/mol. The number of pyridine rings is 3. The summed E-state index contributed by atoms with van der Waals surface area (Å²) >= 11 is 3.46. The van der Waals surface area contributed by atoms with Gasteiger partial charge in [-0.1, -0.05) is 51.8 Å². The van der Waals surface area contributed by atoms with Crippen molar-refractivity contribution >= 4 is 34.3 Å². The lowest BCUT2D eigenvalue weighted by atomic mass is 9.95. The average molecular weight is 642 g/mol. The molecule has 0 spiro atoms. The fraction of sp³-hybridized carbons (Fsp3) is 0.294. The van der Waals surface area contributed by atoms with E-state index in [1.54, 1.807) is 44.9 Å². The topological polar surface area (TPSA) is 92.9 Å². The first-order chi connectivity index (χ1) is 20.7. The van der Waals surface area contributed by atoms with E-state index in [2.05, 4.69) is 46.8 Å². The number of hydrogen-bond acceptors (Lipinski definition) is 8. The van der Waals surface area contributed by atoms with Crippen LogP contribution in [0, 0.1) is 13.8 Å². The molecule has 0 N–H and O–H groups in total. The molecule has 0 radical (unpaired) electrons. The molecule has 1 aromatic carbocycles. The number of nitrogens with zero attached hydrogens (tertiary/aromatic N) is 6. The van der Waals surface area contributed by atoms with E-state index in [0.717, 1.165) is 33.8 Å². The van der Waals surface area contributed by atoms with Gasteiger partial charge in [-0.15, -0.1) is 0 Å². The van der Waals surface area contributed by atoms with Crippen molar-refractivity contribution in [1.82, 2.24) is 19.9 Å². The molecule has 4 rings (SSSR count). The molecule has 0 aliphatic heterocycles. The summed E-state index contributed by atoms with van der Waals surface area (Å²) in [4.78, 5) is 38.2. The Hall–Kier alpha value is -4.08. The Labute approximate surface area is 262 Å². The Balaban J connectivity index is 1.72. The van der Waals surface area contributed by atoms with E-state index in [4.69, 9.17) is 9.72 Å². The number of aliphatic imine (C=N–C) groups is 2. The van der Waals surface area contributed by atoms with Crippen LogP contribution < -0.4 is 4.74 Å². The minimum absolute atomic E-state index is 0.323. The highest BCUT2D eigenvalue weighted by molar-refractivity contribution is 9.10. The largest absolute Gasteiger partial charge is 0.425 e. The highest BCUT2D eigenvalue weighted by Gasteiger charge is 2.31. The number of aryl methyl sites for hydroxylation is 2. The number of halogens is 1. The number of hydrogen-bond donors (Lipinski definition) is 0.